The molecule has 0 bridgehead atoms. The summed E-state index contributed by atoms with van der Waals surface area (Å²) in [5.41, 5.74) is 1.97. The Morgan fingerprint density at radius 2 is 2.00 bits per heavy atom. The topological polar surface area (TPSA) is 26.7 Å². The molecule has 1 aromatic carbocycles. The Labute approximate surface area is 127 Å². The maximum atomic E-state index is 9.62. The summed E-state index contributed by atoms with van der Waals surface area (Å²) in [5, 5.41) is 10.3. The van der Waals surface area contributed by atoms with Crippen molar-refractivity contribution in [2.45, 2.75) is 25.9 Å². The Morgan fingerprint density at radius 3 is 2.50 bits per heavy atom. The minimum absolute atomic E-state index is 0.512. The number of aliphatic hydroxyl groups is 1. The third-order valence-corrected chi connectivity index (χ3v) is 4.36. The van der Waals surface area contributed by atoms with Gasteiger partial charge in [0.1, 0.15) is 0 Å². The van der Waals surface area contributed by atoms with E-state index in [9.17, 15) is 5.11 Å². The monoisotopic (exact) mass is 296 g/mol. The summed E-state index contributed by atoms with van der Waals surface area (Å²) >= 11 is 6.25. The molecule has 1 fully saturated rings. The van der Waals surface area contributed by atoms with Crippen molar-refractivity contribution in [1.29, 1.82) is 0 Å². The number of aliphatic hydroxyl groups excluding tert-OH is 1. The largest absolute Gasteiger partial charge is 0.389 e. The van der Waals surface area contributed by atoms with E-state index in [4.69, 9.17) is 11.6 Å². The second kappa shape index (κ2) is 6.79. The number of hydrogen-bond acceptors (Lipinski definition) is 3. The first-order chi connectivity index (χ1) is 9.47. The van der Waals surface area contributed by atoms with Gasteiger partial charge in [-0.2, -0.15) is 0 Å². The summed E-state index contributed by atoms with van der Waals surface area (Å²) in [6, 6.07) is 5.99. The van der Waals surface area contributed by atoms with E-state index >= 15 is 0 Å². The number of hydrogen-bond donors (Lipinski definition) is 1. The SMILES string of the molecule is CC(O)c1ccc(N2CCC(CN(C)C)CC2)cc1Cl. The minimum Gasteiger partial charge on any atom is -0.389 e. The van der Waals surface area contributed by atoms with E-state index in [1.165, 1.54) is 25.1 Å². The molecular formula is C16H25ClN2O. The minimum atomic E-state index is -0.512. The number of benzene rings is 1. The van der Waals surface area contributed by atoms with Crippen LogP contribution in [-0.2, 0) is 0 Å². The van der Waals surface area contributed by atoms with Crippen molar-refractivity contribution in [2.75, 3.05) is 38.6 Å². The van der Waals surface area contributed by atoms with Gasteiger partial charge >= 0.3 is 0 Å². The molecule has 20 heavy (non-hydrogen) atoms. The highest BCUT2D eigenvalue weighted by molar-refractivity contribution is 6.31. The predicted octanol–water partition coefficient (Wildman–Crippen LogP) is 3.17. The van der Waals surface area contributed by atoms with E-state index in [-0.39, 0.29) is 0 Å². The van der Waals surface area contributed by atoms with Gasteiger partial charge in [-0.05, 0) is 57.5 Å². The third-order valence-electron chi connectivity index (χ3n) is 4.04. The van der Waals surface area contributed by atoms with E-state index in [0.29, 0.717) is 5.02 Å². The molecule has 1 atom stereocenters. The summed E-state index contributed by atoms with van der Waals surface area (Å²) in [4.78, 5) is 4.67. The molecule has 112 valence electrons. The van der Waals surface area contributed by atoms with Crippen LogP contribution < -0.4 is 4.90 Å². The fourth-order valence-electron chi connectivity index (χ4n) is 2.94. The smallest absolute Gasteiger partial charge is 0.0776 e. The molecule has 1 heterocycles. The Bertz CT molecular complexity index is 440. The molecular weight excluding hydrogens is 272 g/mol. The molecule has 2 rings (SSSR count). The zero-order valence-electron chi connectivity index (χ0n) is 12.6. The number of rotatable bonds is 4. The van der Waals surface area contributed by atoms with Crippen LogP contribution in [-0.4, -0.2) is 43.7 Å². The predicted molar refractivity (Wildman–Crippen MR) is 85.6 cm³/mol. The first-order valence-electron chi connectivity index (χ1n) is 7.34. The van der Waals surface area contributed by atoms with Crippen LogP contribution in [0.15, 0.2) is 18.2 Å². The average molecular weight is 297 g/mol. The van der Waals surface area contributed by atoms with Gasteiger partial charge < -0.3 is 14.9 Å². The summed E-state index contributed by atoms with van der Waals surface area (Å²) in [6.07, 6.45) is 1.95. The number of anilines is 1. The van der Waals surface area contributed by atoms with Crippen molar-refractivity contribution in [3.63, 3.8) is 0 Å². The van der Waals surface area contributed by atoms with Crippen LogP contribution in [0.3, 0.4) is 0 Å². The number of piperidine rings is 1. The molecule has 0 aliphatic carbocycles. The summed E-state index contributed by atoms with van der Waals surface area (Å²) in [6.45, 7) is 5.09. The van der Waals surface area contributed by atoms with Gasteiger partial charge in [-0.15, -0.1) is 0 Å². The normalized spacial score (nSPS) is 18.6. The molecule has 3 nitrogen and oxygen atoms in total. The van der Waals surface area contributed by atoms with Crippen molar-refractivity contribution >= 4 is 17.3 Å². The van der Waals surface area contributed by atoms with Crippen molar-refractivity contribution in [2.24, 2.45) is 5.92 Å². The molecule has 0 radical (unpaired) electrons. The summed E-state index contributed by atoms with van der Waals surface area (Å²) < 4.78 is 0. The first-order valence-corrected chi connectivity index (χ1v) is 7.72. The van der Waals surface area contributed by atoms with Crippen molar-refractivity contribution < 1.29 is 5.11 Å². The zero-order chi connectivity index (χ0) is 14.7. The highest BCUT2D eigenvalue weighted by Crippen LogP contribution is 2.30. The molecule has 1 aromatic rings. The lowest BCUT2D eigenvalue weighted by Gasteiger charge is -2.35. The van der Waals surface area contributed by atoms with Gasteiger partial charge in [-0.1, -0.05) is 17.7 Å². The third kappa shape index (κ3) is 3.87. The lowest BCUT2D eigenvalue weighted by atomic mass is 9.96. The molecule has 1 N–H and O–H groups in total. The molecule has 0 saturated carbocycles. The zero-order valence-corrected chi connectivity index (χ0v) is 13.4. The van der Waals surface area contributed by atoms with Crippen LogP contribution in [0.4, 0.5) is 5.69 Å². The molecule has 0 aromatic heterocycles. The van der Waals surface area contributed by atoms with Crippen LogP contribution in [0.5, 0.6) is 0 Å². The van der Waals surface area contributed by atoms with Gasteiger partial charge in [0.2, 0.25) is 0 Å². The molecule has 1 aliphatic heterocycles. The van der Waals surface area contributed by atoms with Gasteiger partial charge in [-0.25, -0.2) is 0 Å². The van der Waals surface area contributed by atoms with Crippen LogP contribution in [0.2, 0.25) is 5.02 Å². The molecule has 1 saturated heterocycles. The molecule has 1 aliphatic rings. The lowest BCUT2D eigenvalue weighted by molar-refractivity contribution is 0.199. The lowest BCUT2D eigenvalue weighted by Crippen LogP contribution is -2.37. The summed E-state index contributed by atoms with van der Waals surface area (Å²) in [5.74, 6) is 0.799. The van der Waals surface area contributed by atoms with E-state index in [0.717, 1.165) is 24.6 Å². The second-order valence-electron chi connectivity index (χ2n) is 6.07. The maximum Gasteiger partial charge on any atom is 0.0776 e. The molecule has 4 heteroatoms. The summed E-state index contributed by atoms with van der Waals surface area (Å²) in [7, 11) is 4.28. The van der Waals surface area contributed by atoms with Crippen LogP contribution in [0.1, 0.15) is 31.4 Å². The van der Waals surface area contributed by atoms with Gasteiger partial charge in [-0.3, -0.25) is 0 Å². The standard InChI is InChI=1S/C16H25ClN2O/c1-12(20)15-5-4-14(10-16(15)17)19-8-6-13(7-9-19)11-18(2)3/h4-5,10,12-13,20H,6-9,11H2,1-3H3. The van der Waals surface area contributed by atoms with Crippen molar-refractivity contribution in [1.82, 2.24) is 4.90 Å². The maximum absolute atomic E-state index is 9.62. The van der Waals surface area contributed by atoms with Gasteiger partial charge in [0, 0.05) is 30.3 Å². The Morgan fingerprint density at radius 1 is 1.35 bits per heavy atom. The van der Waals surface area contributed by atoms with E-state index in [2.05, 4.69) is 30.0 Å². The van der Waals surface area contributed by atoms with Crippen molar-refractivity contribution in [3.05, 3.63) is 28.8 Å². The van der Waals surface area contributed by atoms with E-state index in [1.54, 1.807) is 6.92 Å². The molecule has 0 amide bonds. The highest BCUT2D eigenvalue weighted by atomic mass is 35.5. The molecule has 1 unspecified atom stereocenters. The van der Waals surface area contributed by atoms with Crippen molar-refractivity contribution in [3.8, 4) is 0 Å². The molecule has 0 spiro atoms. The second-order valence-corrected chi connectivity index (χ2v) is 6.48. The number of halogens is 1. The van der Waals surface area contributed by atoms with Gasteiger partial charge in [0.25, 0.3) is 0 Å². The Hall–Kier alpha value is -0.770. The quantitative estimate of drug-likeness (QED) is 0.924. The van der Waals surface area contributed by atoms with Crippen LogP contribution in [0.25, 0.3) is 0 Å². The van der Waals surface area contributed by atoms with Crippen LogP contribution >= 0.6 is 11.6 Å². The van der Waals surface area contributed by atoms with Gasteiger partial charge in [0.15, 0.2) is 0 Å². The van der Waals surface area contributed by atoms with E-state index < -0.39 is 6.10 Å². The van der Waals surface area contributed by atoms with Gasteiger partial charge in [0.05, 0.1) is 6.10 Å². The van der Waals surface area contributed by atoms with E-state index in [1.807, 2.05) is 12.1 Å². The number of nitrogens with zero attached hydrogens (tertiary/aromatic N) is 2. The fraction of sp³-hybridized carbons (Fsp3) is 0.625. The Balaban J connectivity index is 1.98. The fourth-order valence-corrected chi connectivity index (χ4v) is 3.27. The first kappa shape index (κ1) is 15.6. The average Bonchev–Trinajstić information content (AvgIpc) is 2.38. The Kier molecular flexibility index (Phi) is 5.30. The highest BCUT2D eigenvalue weighted by Gasteiger charge is 2.20. The van der Waals surface area contributed by atoms with Crippen LogP contribution in [0, 0.1) is 5.92 Å².